The molecule has 0 unspecified atom stereocenters. The molecule has 1 aromatic heterocycles. The number of halogens is 1. The van der Waals surface area contributed by atoms with Crippen molar-refractivity contribution in [3.05, 3.63) is 17.0 Å². The van der Waals surface area contributed by atoms with Gasteiger partial charge in [0.15, 0.2) is 0 Å². The molecule has 0 aliphatic heterocycles. The zero-order valence-electron chi connectivity index (χ0n) is 7.63. The largest absolute Gasteiger partial charge is 0.396 e. The Morgan fingerprint density at radius 3 is 2.85 bits per heavy atom. The lowest BCUT2D eigenvalue weighted by molar-refractivity contribution is 0.299. The Morgan fingerprint density at radius 2 is 2.31 bits per heavy atom. The average Bonchev–Trinajstić information content (AvgIpc) is 2.89. The molecule has 0 aromatic carbocycles. The van der Waals surface area contributed by atoms with Gasteiger partial charge in [0.05, 0.1) is 34.3 Å². The van der Waals surface area contributed by atoms with E-state index in [1.54, 1.807) is 0 Å². The molecule has 3 nitrogen and oxygen atoms in total. The summed E-state index contributed by atoms with van der Waals surface area (Å²) in [6.45, 7) is 2.29. The zero-order valence-corrected chi connectivity index (χ0v) is 9.78. The van der Waals surface area contributed by atoms with Crippen LogP contribution >= 0.6 is 22.9 Å². The summed E-state index contributed by atoms with van der Waals surface area (Å²) in [5, 5.41) is 13.4. The van der Waals surface area contributed by atoms with E-state index >= 15 is 0 Å². The number of aliphatic hydroxyl groups is 1. The molecule has 13 heavy (non-hydrogen) atoms. The molecule has 1 fully saturated rings. The van der Waals surface area contributed by atoms with Gasteiger partial charge in [-0.25, -0.2) is 2.90 Å². The summed E-state index contributed by atoms with van der Waals surface area (Å²) in [6, 6.07) is 0. The van der Waals surface area contributed by atoms with Gasteiger partial charge >= 0.3 is 0 Å². The van der Waals surface area contributed by atoms with Crippen molar-refractivity contribution < 1.29 is 5.11 Å². The normalized spacial score (nSPS) is 16.5. The Bertz CT molecular complexity index is 318. The van der Waals surface area contributed by atoms with E-state index in [1.165, 1.54) is 29.8 Å². The summed E-state index contributed by atoms with van der Waals surface area (Å²) in [6.07, 6.45) is 3.29. The molecule has 0 spiro atoms. The van der Waals surface area contributed by atoms with E-state index in [9.17, 15) is 0 Å². The van der Waals surface area contributed by atoms with Gasteiger partial charge in [0.25, 0.3) is 0 Å². The lowest BCUT2D eigenvalue weighted by Gasteiger charge is -1.98. The fraction of sp³-hybridized carbons (Fsp3) is 0.667. The Hall–Kier alpha value is -0.100. The first kappa shape index (κ1) is 9.45. The molecule has 4 heteroatoms. The lowest BCUT2D eigenvalue weighted by atomic mass is 10.1. The van der Waals surface area contributed by atoms with E-state index in [-0.39, 0.29) is 6.61 Å². The highest BCUT2D eigenvalue weighted by atomic mass is 127. The van der Waals surface area contributed by atoms with Gasteiger partial charge in [-0.1, -0.05) is 0 Å². The van der Waals surface area contributed by atoms with Gasteiger partial charge in [0, 0.05) is 12.5 Å². The number of aliphatic hydroxyl groups excluding tert-OH is 1. The maximum atomic E-state index is 8.94. The summed E-state index contributed by atoms with van der Waals surface area (Å²) >= 11 is 2.20. The van der Waals surface area contributed by atoms with Crippen molar-refractivity contribution in [2.24, 2.45) is 0 Å². The fourth-order valence-electron chi connectivity index (χ4n) is 1.63. The highest BCUT2D eigenvalue weighted by Crippen LogP contribution is 2.41. The Kier molecular flexibility index (Phi) is 2.60. The van der Waals surface area contributed by atoms with E-state index in [0.29, 0.717) is 5.92 Å². The summed E-state index contributed by atoms with van der Waals surface area (Å²) in [7, 11) is 0. The van der Waals surface area contributed by atoms with Crippen LogP contribution in [-0.4, -0.2) is 19.7 Å². The lowest BCUT2D eigenvalue weighted by Crippen LogP contribution is -1.95. The molecule has 1 aliphatic rings. The van der Waals surface area contributed by atoms with Crippen LogP contribution in [0.4, 0.5) is 0 Å². The van der Waals surface area contributed by atoms with Crippen LogP contribution in [0.5, 0.6) is 0 Å². The minimum absolute atomic E-state index is 0.225. The van der Waals surface area contributed by atoms with Crippen LogP contribution < -0.4 is 0 Å². The van der Waals surface area contributed by atoms with Gasteiger partial charge in [-0.2, -0.15) is 5.10 Å². The van der Waals surface area contributed by atoms with Crippen molar-refractivity contribution in [3.63, 3.8) is 0 Å². The van der Waals surface area contributed by atoms with Crippen LogP contribution in [0.25, 0.3) is 0 Å². The zero-order chi connectivity index (χ0) is 9.42. The van der Waals surface area contributed by atoms with Crippen molar-refractivity contribution in [1.82, 2.24) is 7.99 Å². The summed E-state index contributed by atoms with van der Waals surface area (Å²) in [5.74, 6) is 0.677. The van der Waals surface area contributed by atoms with Gasteiger partial charge in [-0.3, -0.25) is 0 Å². The van der Waals surface area contributed by atoms with E-state index < -0.39 is 0 Å². The molecule has 0 radical (unpaired) electrons. The van der Waals surface area contributed by atoms with Crippen LogP contribution in [-0.2, 0) is 6.42 Å². The van der Waals surface area contributed by atoms with E-state index in [2.05, 4.69) is 34.9 Å². The molecule has 1 heterocycles. The average molecular weight is 292 g/mol. The van der Waals surface area contributed by atoms with Crippen LogP contribution in [0, 0.1) is 6.92 Å². The number of hydrogen-bond donors (Lipinski definition) is 1. The maximum Gasteiger partial charge on any atom is 0.0846 e. The van der Waals surface area contributed by atoms with Crippen molar-refractivity contribution in [2.45, 2.75) is 32.1 Å². The highest BCUT2D eigenvalue weighted by molar-refractivity contribution is 14.1. The number of rotatable bonds is 3. The SMILES string of the molecule is Cc1c(CCO)c(C2CC2)nn1I. The molecule has 1 aliphatic carbocycles. The first-order valence-electron chi connectivity index (χ1n) is 4.59. The van der Waals surface area contributed by atoms with E-state index in [0.717, 1.165) is 6.42 Å². The summed E-state index contributed by atoms with van der Waals surface area (Å²) in [5.41, 5.74) is 3.68. The maximum absolute atomic E-state index is 8.94. The van der Waals surface area contributed by atoms with Gasteiger partial charge in [-0.05, 0) is 31.7 Å². The molecular formula is C9H13IN2O. The standard InChI is InChI=1S/C9H13IN2O/c1-6-8(4-5-13)9(7-2-3-7)11-12(6)10/h7,13H,2-5H2,1H3. The quantitative estimate of drug-likeness (QED) is 0.863. The first-order chi connectivity index (χ1) is 6.24. The molecule has 0 atom stereocenters. The fourth-order valence-corrected chi connectivity index (χ4v) is 2.16. The molecule has 1 aromatic rings. The minimum Gasteiger partial charge on any atom is -0.396 e. The van der Waals surface area contributed by atoms with E-state index in [4.69, 9.17) is 5.11 Å². The topological polar surface area (TPSA) is 38.1 Å². The van der Waals surface area contributed by atoms with Gasteiger partial charge in [0.2, 0.25) is 0 Å². The van der Waals surface area contributed by atoms with Crippen LogP contribution in [0.1, 0.15) is 35.7 Å². The smallest absolute Gasteiger partial charge is 0.0846 e. The second-order valence-corrected chi connectivity index (χ2v) is 4.47. The second-order valence-electron chi connectivity index (χ2n) is 3.56. The summed E-state index contributed by atoms with van der Waals surface area (Å²) < 4.78 is 1.90. The molecule has 1 N–H and O–H groups in total. The van der Waals surface area contributed by atoms with Crippen molar-refractivity contribution >= 4 is 22.9 Å². The Morgan fingerprint density at radius 1 is 1.62 bits per heavy atom. The molecular weight excluding hydrogens is 279 g/mol. The number of aromatic nitrogens is 2. The Labute approximate surface area is 91.6 Å². The predicted molar refractivity (Wildman–Crippen MR) is 59.1 cm³/mol. The molecule has 72 valence electrons. The van der Waals surface area contributed by atoms with Crippen LogP contribution in [0.2, 0.25) is 0 Å². The molecule has 1 saturated carbocycles. The molecule has 0 amide bonds. The van der Waals surface area contributed by atoms with Gasteiger partial charge < -0.3 is 5.11 Å². The van der Waals surface area contributed by atoms with Gasteiger partial charge in [0.1, 0.15) is 0 Å². The van der Waals surface area contributed by atoms with Crippen LogP contribution in [0.3, 0.4) is 0 Å². The predicted octanol–water partition coefficient (Wildman–Crippen LogP) is 1.80. The van der Waals surface area contributed by atoms with Crippen LogP contribution in [0.15, 0.2) is 0 Å². The number of hydrogen-bond acceptors (Lipinski definition) is 2. The third kappa shape index (κ3) is 1.74. The van der Waals surface area contributed by atoms with E-state index in [1.807, 2.05) is 2.90 Å². The molecule has 0 bridgehead atoms. The molecule has 0 saturated heterocycles. The third-order valence-corrected chi connectivity index (χ3v) is 3.48. The summed E-state index contributed by atoms with van der Waals surface area (Å²) in [4.78, 5) is 0. The van der Waals surface area contributed by atoms with Gasteiger partial charge in [-0.15, -0.1) is 0 Å². The Balaban J connectivity index is 2.35. The monoisotopic (exact) mass is 292 g/mol. The molecule has 2 rings (SSSR count). The number of nitrogens with zero attached hydrogens (tertiary/aromatic N) is 2. The van der Waals surface area contributed by atoms with Crippen molar-refractivity contribution in [2.75, 3.05) is 6.61 Å². The second kappa shape index (κ2) is 3.57. The third-order valence-electron chi connectivity index (χ3n) is 2.54. The first-order valence-corrected chi connectivity index (χ1v) is 5.56. The van der Waals surface area contributed by atoms with Crippen molar-refractivity contribution in [3.8, 4) is 0 Å². The minimum atomic E-state index is 0.225. The highest BCUT2D eigenvalue weighted by Gasteiger charge is 2.30. The van der Waals surface area contributed by atoms with Crippen molar-refractivity contribution in [1.29, 1.82) is 0 Å².